The minimum absolute atomic E-state index is 0.0349. The number of amides is 1. The highest BCUT2D eigenvalue weighted by atomic mass is 32.2. The minimum Gasteiger partial charge on any atom is -0.452 e. The zero-order valence-electron chi connectivity index (χ0n) is 17.0. The van der Waals surface area contributed by atoms with E-state index in [1.807, 2.05) is 20.8 Å². The first kappa shape index (κ1) is 22.4. The number of nitrogens with one attached hydrogen (secondary N) is 1. The molecule has 2 aromatic carbocycles. The number of benzene rings is 2. The van der Waals surface area contributed by atoms with Gasteiger partial charge >= 0.3 is 5.97 Å². The highest BCUT2D eigenvalue weighted by Gasteiger charge is 2.22. The number of hydrogen-bond acceptors (Lipinski definition) is 5. The van der Waals surface area contributed by atoms with Crippen molar-refractivity contribution in [1.29, 1.82) is 0 Å². The van der Waals surface area contributed by atoms with Crippen LogP contribution >= 0.6 is 0 Å². The lowest BCUT2D eigenvalue weighted by atomic mass is 10.1. The number of carbonyl (C=O) groups excluding carboxylic acids is 2. The van der Waals surface area contributed by atoms with Crippen LogP contribution in [0.2, 0.25) is 0 Å². The van der Waals surface area contributed by atoms with E-state index in [2.05, 4.69) is 5.32 Å². The second-order valence-corrected chi connectivity index (χ2v) is 8.98. The number of sulfonamides is 1. The van der Waals surface area contributed by atoms with Crippen LogP contribution in [-0.4, -0.2) is 40.0 Å². The summed E-state index contributed by atoms with van der Waals surface area (Å²) in [6.07, 6.45) is 0. The number of esters is 1. The van der Waals surface area contributed by atoms with Crippen molar-refractivity contribution in [2.45, 2.75) is 31.7 Å². The number of hydrogen-bond donors (Lipinski definition) is 1. The van der Waals surface area contributed by atoms with Crippen LogP contribution in [0.5, 0.6) is 0 Å². The van der Waals surface area contributed by atoms with Crippen LogP contribution in [0, 0.1) is 5.92 Å². The number of carbonyl (C=O) groups is 2. The van der Waals surface area contributed by atoms with Crippen molar-refractivity contribution in [2.75, 3.05) is 18.0 Å². The molecular formula is C21H26N2O5S. The maximum Gasteiger partial charge on any atom is 0.338 e. The molecule has 0 aliphatic rings. The summed E-state index contributed by atoms with van der Waals surface area (Å²) in [5.74, 6) is -0.820. The Bertz CT molecular complexity index is 941. The van der Waals surface area contributed by atoms with Gasteiger partial charge in [0.15, 0.2) is 6.61 Å². The van der Waals surface area contributed by atoms with Crippen molar-refractivity contribution in [3.05, 3.63) is 60.2 Å². The average molecular weight is 419 g/mol. The van der Waals surface area contributed by atoms with E-state index < -0.39 is 22.6 Å². The van der Waals surface area contributed by atoms with Gasteiger partial charge in [0.1, 0.15) is 0 Å². The maximum absolute atomic E-state index is 12.7. The normalized spacial score (nSPS) is 12.3. The summed E-state index contributed by atoms with van der Waals surface area (Å²) in [5.41, 5.74) is 0.689. The van der Waals surface area contributed by atoms with E-state index in [9.17, 15) is 18.0 Å². The van der Waals surface area contributed by atoms with E-state index in [0.29, 0.717) is 5.69 Å². The van der Waals surface area contributed by atoms with Gasteiger partial charge in [-0.2, -0.15) is 0 Å². The average Bonchev–Trinajstić information content (AvgIpc) is 2.72. The van der Waals surface area contributed by atoms with Crippen LogP contribution in [0.3, 0.4) is 0 Å². The van der Waals surface area contributed by atoms with E-state index in [1.165, 1.54) is 35.6 Å². The van der Waals surface area contributed by atoms with E-state index in [-0.39, 0.29) is 28.3 Å². The SMILES string of the molecule is CC(C)[C@@H](C)NC(=O)COC(=O)c1ccc(S(=O)(=O)N(C)c2ccccc2)cc1. The van der Waals surface area contributed by atoms with Crippen molar-refractivity contribution in [3.63, 3.8) is 0 Å². The van der Waals surface area contributed by atoms with E-state index >= 15 is 0 Å². The Morgan fingerprint density at radius 1 is 1.00 bits per heavy atom. The molecule has 0 heterocycles. The van der Waals surface area contributed by atoms with E-state index in [0.717, 1.165) is 0 Å². The van der Waals surface area contributed by atoms with Gasteiger partial charge in [-0.3, -0.25) is 9.10 Å². The molecule has 0 fully saturated rings. The number of nitrogens with zero attached hydrogens (tertiary/aromatic N) is 1. The molecule has 0 radical (unpaired) electrons. The molecule has 1 amide bonds. The molecule has 7 nitrogen and oxygen atoms in total. The lowest BCUT2D eigenvalue weighted by molar-refractivity contribution is -0.125. The first-order valence-electron chi connectivity index (χ1n) is 9.23. The Labute approximate surface area is 171 Å². The number of para-hydroxylation sites is 1. The second-order valence-electron chi connectivity index (χ2n) is 7.01. The second kappa shape index (κ2) is 9.56. The first-order chi connectivity index (χ1) is 13.6. The fourth-order valence-corrected chi connectivity index (χ4v) is 3.57. The molecule has 2 aromatic rings. The van der Waals surface area contributed by atoms with Gasteiger partial charge < -0.3 is 10.1 Å². The summed E-state index contributed by atoms with van der Waals surface area (Å²) in [5, 5.41) is 2.74. The summed E-state index contributed by atoms with van der Waals surface area (Å²) < 4.78 is 31.7. The maximum atomic E-state index is 12.7. The fraction of sp³-hybridized carbons (Fsp3) is 0.333. The Kier molecular flexibility index (Phi) is 7.39. The molecule has 1 N–H and O–H groups in total. The minimum atomic E-state index is -3.76. The van der Waals surface area contributed by atoms with Crippen molar-refractivity contribution in [2.24, 2.45) is 5.92 Å². The highest BCUT2D eigenvalue weighted by Crippen LogP contribution is 2.22. The molecule has 0 saturated heterocycles. The summed E-state index contributed by atoms with van der Waals surface area (Å²) in [6, 6.07) is 14.0. The third-order valence-electron chi connectivity index (χ3n) is 4.59. The molecular weight excluding hydrogens is 392 g/mol. The van der Waals surface area contributed by atoms with Crippen LogP contribution in [0.25, 0.3) is 0 Å². The van der Waals surface area contributed by atoms with Gasteiger partial charge in [0, 0.05) is 13.1 Å². The smallest absolute Gasteiger partial charge is 0.338 e. The van der Waals surface area contributed by atoms with Gasteiger partial charge in [-0.05, 0) is 49.2 Å². The molecule has 0 bridgehead atoms. The van der Waals surface area contributed by atoms with Gasteiger partial charge in [0.25, 0.3) is 15.9 Å². The topological polar surface area (TPSA) is 92.8 Å². The fourth-order valence-electron chi connectivity index (χ4n) is 2.37. The van der Waals surface area contributed by atoms with Crippen LogP contribution in [0.15, 0.2) is 59.5 Å². The van der Waals surface area contributed by atoms with E-state index in [1.54, 1.807) is 30.3 Å². The third-order valence-corrected chi connectivity index (χ3v) is 6.39. The van der Waals surface area contributed by atoms with Crippen LogP contribution in [0.1, 0.15) is 31.1 Å². The molecule has 0 aliphatic carbocycles. The van der Waals surface area contributed by atoms with Crippen molar-refractivity contribution < 1.29 is 22.7 Å². The van der Waals surface area contributed by atoms with Gasteiger partial charge in [-0.1, -0.05) is 32.0 Å². The molecule has 29 heavy (non-hydrogen) atoms. The molecule has 0 spiro atoms. The highest BCUT2D eigenvalue weighted by molar-refractivity contribution is 7.92. The number of rotatable bonds is 8. The molecule has 0 aromatic heterocycles. The van der Waals surface area contributed by atoms with Gasteiger partial charge in [-0.25, -0.2) is 13.2 Å². The first-order valence-corrected chi connectivity index (χ1v) is 10.7. The predicted octanol–water partition coefficient (Wildman–Crippen LogP) is 2.83. The number of anilines is 1. The Morgan fingerprint density at radius 2 is 1.59 bits per heavy atom. The standard InChI is InChI=1S/C21H26N2O5S/c1-15(2)16(3)22-20(24)14-28-21(25)17-10-12-19(13-11-17)29(26,27)23(4)18-8-6-5-7-9-18/h5-13,15-16H,14H2,1-4H3,(H,22,24)/t16-/m1/s1. The zero-order valence-corrected chi connectivity index (χ0v) is 17.8. The third kappa shape index (κ3) is 5.80. The molecule has 0 aliphatic heterocycles. The lowest BCUT2D eigenvalue weighted by Gasteiger charge is -2.19. The number of ether oxygens (including phenoxy) is 1. The summed E-state index contributed by atoms with van der Waals surface area (Å²) in [6.45, 7) is 5.42. The van der Waals surface area contributed by atoms with Crippen molar-refractivity contribution in [3.8, 4) is 0 Å². The molecule has 2 rings (SSSR count). The molecule has 0 saturated carbocycles. The van der Waals surface area contributed by atoms with Crippen LogP contribution in [0.4, 0.5) is 5.69 Å². The van der Waals surface area contributed by atoms with Gasteiger partial charge in [0.05, 0.1) is 16.1 Å². The van der Waals surface area contributed by atoms with Crippen molar-refractivity contribution >= 4 is 27.6 Å². The molecule has 156 valence electrons. The monoisotopic (exact) mass is 418 g/mol. The van der Waals surface area contributed by atoms with Crippen molar-refractivity contribution in [1.82, 2.24) is 5.32 Å². The largest absolute Gasteiger partial charge is 0.452 e. The predicted molar refractivity (Wildman–Crippen MR) is 111 cm³/mol. The van der Waals surface area contributed by atoms with Crippen LogP contribution < -0.4 is 9.62 Å². The quantitative estimate of drug-likeness (QED) is 0.666. The summed E-state index contributed by atoms with van der Waals surface area (Å²) in [7, 11) is -2.30. The van der Waals surface area contributed by atoms with Gasteiger partial charge in [0.2, 0.25) is 0 Å². The zero-order chi connectivity index (χ0) is 21.6. The Hall–Kier alpha value is -2.87. The Balaban J connectivity index is 2.02. The lowest BCUT2D eigenvalue weighted by Crippen LogP contribution is -2.38. The molecule has 0 unspecified atom stereocenters. The van der Waals surface area contributed by atoms with E-state index in [4.69, 9.17) is 4.74 Å². The Morgan fingerprint density at radius 3 is 2.14 bits per heavy atom. The molecule has 1 atom stereocenters. The summed E-state index contributed by atoms with van der Waals surface area (Å²) in [4.78, 5) is 24.0. The van der Waals surface area contributed by atoms with Gasteiger partial charge in [-0.15, -0.1) is 0 Å². The molecule has 8 heteroatoms. The van der Waals surface area contributed by atoms with Crippen LogP contribution in [-0.2, 0) is 19.6 Å². The summed E-state index contributed by atoms with van der Waals surface area (Å²) >= 11 is 0.